The van der Waals surface area contributed by atoms with Crippen LogP contribution in [0.5, 0.6) is 5.88 Å². The second-order valence-electron chi connectivity index (χ2n) is 8.89. The lowest BCUT2D eigenvalue weighted by Crippen LogP contribution is -2.32. The minimum Gasteiger partial charge on any atom is -0.480 e. The fraction of sp³-hybridized carbons (Fsp3) is 0.333. The molecule has 1 amide bonds. The van der Waals surface area contributed by atoms with Crippen molar-refractivity contribution < 1.29 is 27.4 Å². The molecule has 0 atom stereocenters. The van der Waals surface area contributed by atoms with Gasteiger partial charge in [0.25, 0.3) is 0 Å². The van der Waals surface area contributed by atoms with Crippen molar-refractivity contribution in [1.82, 2.24) is 25.0 Å². The van der Waals surface area contributed by atoms with E-state index in [4.69, 9.17) is 9.47 Å². The number of halogens is 3. The molecule has 208 valence electrons. The van der Waals surface area contributed by atoms with Crippen LogP contribution in [0.4, 0.5) is 13.2 Å². The number of aromatic nitrogens is 3. The normalized spacial score (nSPS) is 11.9. The minimum atomic E-state index is -4.48. The molecule has 2 heterocycles. The number of rotatable bonds is 11. The number of carbonyl (C=O) groups is 1. The molecule has 1 N–H and O–H groups in total. The van der Waals surface area contributed by atoms with Crippen LogP contribution >= 0.6 is 0 Å². The molecule has 9 nitrogen and oxygen atoms in total. The molecule has 2 aromatic heterocycles. The van der Waals surface area contributed by atoms with E-state index >= 15 is 0 Å². The molecular formula is C27H31F3N6O3. The first-order valence-electron chi connectivity index (χ1n) is 12.0. The largest absolute Gasteiger partial charge is 0.480 e. The molecule has 1 aromatic carbocycles. The first-order valence-corrected chi connectivity index (χ1v) is 12.0. The number of nitrogens with one attached hydrogen (secondary N) is 1. The summed E-state index contributed by atoms with van der Waals surface area (Å²) in [6.07, 6.45) is -1.95. The van der Waals surface area contributed by atoms with Gasteiger partial charge in [0.05, 0.1) is 42.2 Å². The fourth-order valence-corrected chi connectivity index (χ4v) is 3.47. The number of alkyl halides is 3. The number of aryl methyl sites for hydroxylation is 1. The summed E-state index contributed by atoms with van der Waals surface area (Å²) < 4.78 is 51.0. The van der Waals surface area contributed by atoms with Crippen molar-refractivity contribution in [2.75, 3.05) is 34.3 Å². The summed E-state index contributed by atoms with van der Waals surface area (Å²) in [6, 6.07) is 9.39. The maximum Gasteiger partial charge on any atom is 0.417 e. The van der Waals surface area contributed by atoms with Gasteiger partial charge in [-0.1, -0.05) is 30.8 Å². The molecule has 0 saturated heterocycles. The molecule has 3 rings (SSSR count). The smallest absolute Gasteiger partial charge is 0.417 e. The number of carbonyl (C=O) groups excluding carboxylic acids is 1. The third-order valence-electron chi connectivity index (χ3n) is 5.68. The van der Waals surface area contributed by atoms with Gasteiger partial charge in [0.15, 0.2) is 0 Å². The molecule has 0 saturated carbocycles. The summed E-state index contributed by atoms with van der Waals surface area (Å²) in [5.41, 5.74) is 2.25. The van der Waals surface area contributed by atoms with E-state index in [0.717, 1.165) is 29.8 Å². The number of amides is 1. The van der Waals surface area contributed by atoms with Crippen LogP contribution in [0, 0.1) is 0 Å². The van der Waals surface area contributed by atoms with Crippen LogP contribution in [0.3, 0.4) is 0 Å². The Hall–Kier alpha value is -4.19. The highest BCUT2D eigenvalue weighted by atomic mass is 19.4. The number of hydrogen-bond acceptors (Lipinski definition) is 7. The van der Waals surface area contributed by atoms with Crippen molar-refractivity contribution in [3.05, 3.63) is 83.3 Å². The van der Waals surface area contributed by atoms with E-state index in [1.807, 2.05) is 43.3 Å². The van der Waals surface area contributed by atoms with Crippen LogP contribution in [-0.2, 0) is 35.8 Å². The molecule has 0 aliphatic carbocycles. The summed E-state index contributed by atoms with van der Waals surface area (Å²) in [4.78, 5) is 22.4. The quantitative estimate of drug-likeness (QED) is 0.292. The number of nitrogens with zero attached hydrogens (tertiary/aromatic N) is 5. The highest BCUT2D eigenvalue weighted by Crippen LogP contribution is 2.29. The zero-order chi connectivity index (χ0) is 28.6. The third kappa shape index (κ3) is 8.40. The van der Waals surface area contributed by atoms with Gasteiger partial charge in [-0.15, -0.1) is 0 Å². The SMILES string of the molecule is C=C(N=C(OC)c1cnn(C)c1COc1ccc(C(F)(F)F)cn1)c1ccc(CC(=O)NCCN(C)C)cc1. The summed E-state index contributed by atoms with van der Waals surface area (Å²) >= 11 is 0. The Balaban J connectivity index is 1.67. The lowest BCUT2D eigenvalue weighted by Gasteiger charge is -2.11. The van der Waals surface area contributed by atoms with Crippen molar-refractivity contribution >= 4 is 17.5 Å². The zero-order valence-electron chi connectivity index (χ0n) is 22.2. The maximum absolute atomic E-state index is 12.8. The van der Waals surface area contributed by atoms with Crippen LogP contribution in [0.25, 0.3) is 5.70 Å². The van der Waals surface area contributed by atoms with Gasteiger partial charge in [-0.05, 0) is 31.3 Å². The van der Waals surface area contributed by atoms with E-state index in [1.165, 1.54) is 7.11 Å². The lowest BCUT2D eigenvalue weighted by atomic mass is 10.1. The van der Waals surface area contributed by atoms with Gasteiger partial charge in [-0.2, -0.15) is 18.3 Å². The van der Waals surface area contributed by atoms with Crippen molar-refractivity contribution in [2.24, 2.45) is 12.0 Å². The second-order valence-corrected chi connectivity index (χ2v) is 8.89. The van der Waals surface area contributed by atoms with E-state index in [9.17, 15) is 18.0 Å². The molecule has 39 heavy (non-hydrogen) atoms. The third-order valence-corrected chi connectivity index (χ3v) is 5.68. The Labute approximate surface area is 225 Å². The Morgan fingerprint density at radius 1 is 1.15 bits per heavy atom. The molecule has 12 heteroatoms. The zero-order valence-corrected chi connectivity index (χ0v) is 22.2. The Kier molecular flexibility index (Phi) is 9.83. The molecule has 0 aliphatic heterocycles. The maximum atomic E-state index is 12.8. The van der Waals surface area contributed by atoms with Crippen molar-refractivity contribution in [2.45, 2.75) is 19.2 Å². The second kappa shape index (κ2) is 13.1. The summed E-state index contributed by atoms with van der Waals surface area (Å²) in [5.74, 6) is 0.208. The van der Waals surface area contributed by atoms with Crippen LogP contribution in [0.2, 0.25) is 0 Å². The molecule has 0 bridgehead atoms. The van der Waals surface area contributed by atoms with E-state index in [1.54, 1.807) is 17.9 Å². The molecule has 0 radical (unpaired) electrons. The highest BCUT2D eigenvalue weighted by Gasteiger charge is 2.30. The lowest BCUT2D eigenvalue weighted by molar-refractivity contribution is -0.137. The van der Waals surface area contributed by atoms with Crippen molar-refractivity contribution in [3.8, 4) is 5.88 Å². The number of aliphatic imine (C=N–C) groups is 1. The van der Waals surface area contributed by atoms with Gasteiger partial charge in [0.2, 0.25) is 17.7 Å². The number of likely N-dealkylation sites (N-methyl/N-ethyl adjacent to an activating group) is 1. The van der Waals surface area contributed by atoms with Gasteiger partial charge in [-0.3, -0.25) is 9.48 Å². The first-order chi connectivity index (χ1) is 18.5. The van der Waals surface area contributed by atoms with Crippen LogP contribution < -0.4 is 10.1 Å². The highest BCUT2D eigenvalue weighted by molar-refractivity contribution is 5.98. The van der Waals surface area contributed by atoms with E-state index in [0.29, 0.717) is 29.7 Å². The molecule has 0 fully saturated rings. The average Bonchev–Trinajstić information content (AvgIpc) is 3.25. The van der Waals surface area contributed by atoms with Crippen LogP contribution in [0.15, 0.2) is 60.4 Å². The first kappa shape index (κ1) is 29.4. The standard InChI is InChI=1S/C27H31F3N6O3/c1-18(20-8-6-19(7-9-20)14-24(37)31-12-13-35(2)3)34-26(38-5)22-16-33-36(4)23(22)17-39-25-11-10-21(15-32-25)27(28,29)30/h6-11,15-16H,1,12-14,17H2,2-5H3,(H,31,37). The molecular weight excluding hydrogens is 513 g/mol. The van der Waals surface area contributed by atoms with Gasteiger partial charge < -0.3 is 19.7 Å². The number of benzene rings is 1. The number of ether oxygens (including phenoxy) is 2. The van der Waals surface area contributed by atoms with Crippen molar-refractivity contribution in [3.63, 3.8) is 0 Å². The summed E-state index contributed by atoms with van der Waals surface area (Å²) in [7, 11) is 7.04. The average molecular weight is 545 g/mol. The molecule has 0 unspecified atom stereocenters. The van der Waals surface area contributed by atoms with E-state index in [-0.39, 0.29) is 30.7 Å². The predicted octanol–water partition coefficient (Wildman–Crippen LogP) is 3.70. The van der Waals surface area contributed by atoms with Gasteiger partial charge in [0, 0.05) is 32.4 Å². The number of pyridine rings is 1. The summed E-state index contributed by atoms with van der Waals surface area (Å²) in [6.45, 7) is 5.34. The Morgan fingerprint density at radius 3 is 2.46 bits per heavy atom. The number of methoxy groups -OCH3 is 1. The molecule has 3 aromatic rings. The minimum absolute atomic E-state index is 0.0296. The summed E-state index contributed by atoms with van der Waals surface area (Å²) in [5, 5.41) is 7.11. The number of hydrogen-bond donors (Lipinski definition) is 1. The van der Waals surface area contributed by atoms with E-state index < -0.39 is 11.7 Å². The van der Waals surface area contributed by atoms with Gasteiger partial charge >= 0.3 is 6.18 Å². The molecule has 0 aliphatic rings. The monoisotopic (exact) mass is 544 g/mol. The van der Waals surface area contributed by atoms with Crippen LogP contribution in [0.1, 0.15) is 27.9 Å². The Bertz CT molecular complexity index is 1300. The van der Waals surface area contributed by atoms with Crippen LogP contribution in [-0.4, -0.2) is 65.8 Å². The Morgan fingerprint density at radius 2 is 1.87 bits per heavy atom. The fourth-order valence-electron chi connectivity index (χ4n) is 3.47. The van der Waals surface area contributed by atoms with Gasteiger partial charge in [-0.25, -0.2) is 9.98 Å². The van der Waals surface area contributed by atoms with E-state index in [2.05, 4.69) is 27.0 Å². The van der Waals surface area contributed by atoms with Gasteiger partial charge in [0.1, 0.15) is 6.61 Å². The van der Waals surface area contributed by atoms with Crippen molar-refractivity contribution in [1.29, 1.82) is 0 Å². The predicted molar refractivity (Wildman–Crippen MR) is 141 cm³/mol. The topological polar surface area (TPSA) is 93.9 Å². The molecule has 0 spiro atoms.